The number of benzene rings is 8. The van der Waals surface area contributed by atoms with Crippen molar-refractivity contribution >= 4 is 42.3 Å². The number of thiophene rings is 1. The van der Waals surface area contributed by atoms with Crippen molar-refractivity contribution in [2.45, 2.75) is 19.3 Å². The molecule has 0 fully saturated rings. The third-order valence-corrected chi connectivity index (χ3v) is 12.8. The number of fused-ring (bicyclic) bond motifs is 7. The van der Waals surface area contributed by atoms with Crippen LogP contribution in [0.5, 0.6) is 0 Å². The third-order valence-electron chi connectivity index (χ3n) is 11.7. The Hall–Kier alpha value is -6.68. The Balaban J connectivity index is 1.15. The Morgan fingerprint density at radius 3 is 1.95 bits per heavy atom. The topological polar surface area (TPSA) is 25.8 Å². The Bertz CT molecular complexity index is 3170. The summed E-state index contributed by atoms with van der Waals surface area (Å²) in [7, 11) is 0. The highest BCUT2D eigenvalue weighted by Gasteiger charge is 2.35. The third kappa shape index (κ3) is 5.31. The van der Waals surface area contributed by atoms with E-state index in [4.69, 9.17) is 9.97 Å². The largest absolute Gasteiger partial charge is 0.228 e. The molecule has 264 valence electrons. The molecule has 2 heterocycles. The first-order chi connectivity index (χ1) is 27.5. The fourth-order valence-electron chi connectivity index (χ4n) is 8.81. The second-order valence-corrected chi connectivity index (χ2v) is 16.5. The molecule has 0 atom stereocenters. The van der Waals surface area contributed by atoms with E-state index in [-0.39, 0.29) is 5.41 Å². The minimum atomic E-state index is -0.120. The smallest absolute Gasteiger partial charge is 0.160 e. The number of hydrogen-bond acceptors (Lipinski definition) is 3. The fourth-order valence-corrected chi connectivity index (χ4v) is 9.94. The zero-order valence-corrected chi connectivity index (χ0v) is 31.9. The van der Waals surface area contributed by atoms with Gasteiger partial charge in [-0.15, -0.1) is 11.3 Å². The Morgan fingerprint density at radius 2 is 1.05 bits per heavy atom. The average molecular weight is 733 g/mol. The molecule has 1 aliphatic rings. The van der Waals surface area contributed by atoms with Gasteiger partial charge in [-0.3, -0.25) is 0 Å². The molecule has 56 heavy (non-hydrogen) atoms. The Kier molecular flexibility index (Phi) is 7.42. The summed E-state index contributed by atoms with van der Waals surface area (Å²) in [6.45, 7) is 4.67. The molecule has 0 amide bonds. The summed E-state index contributed by atoms with van der Waals surface area (Å²) in [4.78, 5) is 10.8. The van der Waals surface area contributed by atoms with Crippen molar-refractivity contribution < 1.29 is 0 Å². The van der Waals surface area contributed by atoms with E-state index in [9.17, 15) is 0 Å². The van der Waals surface area contributed by atoms with E-state index in [1.807, 2.05) is 11.3 Å². The highest BCUT2D eigenvalue weighted by molar-refractivity contribution is 7.25. The molecular weight excluding hydrogens is 697 g/mol. The Labute approximate surface area is 330 Å². The summed E-state index contributed by atoms with van der Waals surface area (Å²) in [5.41, 5.74) is 14.8. The summed E-state index contributed by atoms with van der Waals surface area (Å²) in [6, 6.07) is 66.0. The maximum absolute atomic E-state index is 5.40. The number of nitrogens with zero attached hydrogens (tertiary/aromatic N) is 2. The average Bonchev–Trinajstić information content (AvgIpc) is 3.75. The number of aromatic nitrogens is 2. The molecule has 0 spiro atoms. The van der Waals surface area contributed by atoms with Crippen molar-refractivity contribution in [3.63, 3.8) is 0 Å². The van der Waals surface area contributed by atoms with Gasteiger partial charge in [0, 0.05) is 42.3 Å². The van der Waals surface area contributed by atoms with Gasteiger partial charge >= 0.3 is 0 Å². The van der Waals surface area contributed by atoms with Crippen molar-refractivity contribution in [1.29, 1.82) is 0 Å². The van der Waals surface area contributed by atoms with Crippen LogP contribution in [0.2, 0.25) is 0 Å². The van der Waals surface area contributed by atoms with E-state index < -0.39 is 0 Å². The van der Waals surface area contributed by atoms with Gasteiger partial charge in [0.05, 0.1) is 11.4 Å². The van der Waals surface area contributed by atoms with E-state index in [1.165, 1.54) is 69.9 Å². The van der Waals surface area contributed by atoms with Gasteiger partial charge in [0.25, 0.3) is 0 Å². The van der Waals surface area contributed by atoms with Crippen LogP contribution in [0, 0.1) is 0 Å². The van der Waals surface area contributed by atoms with E-state index in [0.717, 1.165) is 33.6 Å². The lowest BCUT2D eigenvalue weighted by Crippen LogP contribution is -2.14. The van der Waals surface area contributed by atoms with Gasteiger partial charge in [0.1, 0.15) is 0 Å². The normalized spacial score (nSPS) is 13.0. The maximum Gasteiger partial charge on any atom is 0.160 e. The molecule has 2 aromatic heterocycles. The van der Waals surface area contributed by atoms with E-state index in [1.54, 1.807) is 0 Å². The van der Waals surface area contributed by atoms with Crippen LogP contribution in [0.3, 0.4) is 0 Å². The lowest BCUT2D eigenvalue weighted by Gasteiger charge is -2.22. The van der Waals surface area contributed by atoms with Crippen LogP contribution >= 0.6 is 11.3 Å². The standard InChI is InChI=1S/C53H36N2S/c1-53(2)45-20-10-8-17-42(45)43-26-25-36(31-46(43)53)47-32-48(55-52(54-47)37-24-23-34-15-6-7-16-35(34)27-37)40-29-38(33-13-4-3-5-14-33)28-39(30-40)41-19-12-22-50-51(41)44-18-9-11-21-49(44)56-50/h3-32H,1-2H3. The zero-order chi connectivity index (χ0) is 37.4. The molecule has 3 heteroatoms. The minimum Gasteiger partial charge on any atom is -0.228 e. The molecule has 0 aliphatic heterocycles. The highest BCUT2D eigenvalue weighted by atomic mass is 32.1. The van der Waals surface area contributed by atoms with Crippen molar-refractivity contribution in [2.24, 2.45) is 0 Å². The van der Waals surface area contributed by atoms with Gasteiger partial charge in [-0.05, 0) is 104 Å². The first kappa shape index (κ1) is 32.7. The van der Waals surface area contributed by atoms with Crippen molar-refractivity contribution in [3.8, 4) is 67.3 Å². The van der Waals surface area contributed by atoms with Gasteiger partial charge in [-0.1, -0.05) is 147 Å². The number of rotatable bonds is 5. The zero-order valence-electron chi connectivity index (χ0n) is 31.1. The van der Waals surface area contributed by atoms with E-state index in [0.29, 0.717) is 5.82 Å². The van der Waals surface area contributed by atoms with Crippen LogP contribution in [0.25, 0.3) is 98.2 Å². The molecule has 0 radical (unpaired) electrons. The van der Waals surface area contributed by atoms with Gasteiger partial charge in [-0.25, -0.2) is 9.97 Å². The van der Waals surface area contributed by atoms with Gasteiger partial charge < -0.3 is 0 Å². The van der Waals surface area contributed by atoms with Crippen LogP contribution in [0.4, 0.5) is 0 Å². The minimum absolute atomic E-state index is 0.120. The molecule has 0 saturated heterocycles. The highest BCUT2D eigenvalue weighted by Crippen LogP contribution is 2.50. The second kappa shape index (κ2) is 12.7. The molecular formula is C53H36N2S. The van der Waals surface area contributed by atoms with Crippen molar-refractivity contribution in [2.75, 3.05) is 0 Å². The summed E-state index contributed by atoms with van der Waals surface area (Å²) in [5, 5.41) is 4.95. The van der Waals surface area contributed by atoms with Gasteiger partial charge in [0.2, 0.25) is 0 Å². The predicted octanol–water partition coefficient (Wildman–Crippen LogP) is 14.6. The Morgan fingerprint density at radius 1 is 0.393 bits per heavy atom. The molecule has 0 unspecified atom stereocenters. The van der Waals surface area contributed by atoms with Crippen LogP contribution in [-0.2, 0) is 5.41 Å². The first-order valence-electron chi connectivity index (χ1n) is 19.2. The maximum atomic E-state index is 5.40. The van der Waals surface area contributed by atoms with E-state index >= 15 is 0 Å². The lowest BCUT2D eigenvalue weighted by molar-refractivity contribution is 0.660. The van der Waals surface area contributed by atoms with Crippen LogP contribution in [0.15, 0.2) is 182 Å². The van der Waals surface area contributed by atoms with Gasteiger partial charge in [0.15, 0.2) is 5.82 Å². The molecule has 0 bridgehead atoms. The summed E-state index contributed by atoms with van der Waals surface area (Å²) in [6.07, 6.45) is 0. The van der Waals surface area contributed by atoms with E-state index in [2.05, 4.69) is 196 Å². The molecule has 11 rings (SSSR count). The second-order valence-electron chi connectivity index (χ2n) is 15.4. The monoisotopic (exact) mass is 732 g/mol. The number of hydrogen-bond donors (Lipinski definition) is 0. The van der Waals surface area contributed by atoms with Gasteiger partial charge in [-0.2, -0.15) is 0 Å². The molecule has 1 aliphatic carbocycles. The fraction of sp³-hybridized carbons (Fsp3) is 0.0566. The van der Waals surface area contributed by atoms with Crippen molar-refractivity contribution in [1.82, 2.24) is 9.97 Å². The molecule has 10 aromatic rings. The van der Waals surface area contributed by atoms with Crippen molar-refractivity contribution in [3.05, 3.63) is 193 Å². The summed E-state index contributed by atoms with van der Waals surface area (Å²) < 4.78 is 2.59. The van der Waals surface area contributed by atoms with Crippen LogP contribution in [0.1, 0.15) is 25.0 Å². The van der Waals surface area contributed by atoms with Crippen LogP contribution < -0.4 is 0 Å². The quantitative estimate of drug-likeness (QED) is 0.176. The van der Waals surface area contributed by atoms with Crippen LogP contribution in [-0.4, -0.2) is 9.97 Å². The summed E-state index contributed by atoms with van der Waals surface area (Å²) >= 11 is 1.86. The molecule has 0 N–H and O–H groups in total. The summed E-state index contributed by atoms with van der Waals surface area (Å²) in [5.74, 6) is 0.712. The molecule has 8 aromatic carbocycles. The first-order valence-corrected chi connectivity index (χ1v) is 20.0. The lowest BCUT2D eigenvalue weighted by atomic mass is 9.82. The predicted molar refractivity (Wildman–Crippen MR) is 237 cm³/mol. The SMILES string of the molecule is CC1(C)c2ccccc2-c2ccc(-c3cc(-c4cc(-c5ccccc5)cc(-c5cccc6sc7ccccc7c56)c4)nc(-c4ccc5ccccc5c4)n3)cc21. The molecule has 0 saturated carbocycles. The molecule has 2 nitrogen and oxygen atoms in total.